The standard InChI is InChI=1S/C19H19F3N2O3/c20-15-10-13(24-8-2-1-3-18(24)25)5-7-16(15)23-19(26)12-4-6-14(9-12)27-11-17(21)22/h1-3,5,7-8,10,12,14,17H,4,6,9,11H2,(H,23,26)/t12-,14+/m0/s1. The fraction of sp³-hybridized carbons (Fsp3) is 0.368. The van der Waals surface area contributed by atoms with Crippen LogP contribution in [0.3, 0.4) is 0 Å². The van der Waals surface area contributed by atoms with Gasteiger partial charge in [-0.1, -0.05) is 6.07 Å². The van der Waals surface area contributed by atoms with Crippen molar-refractivity contribution in [2.75, 3.05) is 11.9 Å². The maximum atomic E-state index is 14.4. The number of ether oxygens (including phenoxy) is 1. The molecule has 0 radical (unpaired) electrons. The summed E-state index contributed by atoms with van der Waals surface area (Å²) in [5.74, 6) is -1.45. The SMILES string of the molecule is O=C(Nc1ccc(-n2ccccc2=O)cc1F)[C@H]1CC[C@@H](OCC(F)F)C1. The molecule has 3 rings (SSSR count). The van der Waals surface area contributed by atoms with Gasteiger partial charge in [0.15, 0.2) is 0 Å². The number of benzene rings is 1. The minimum Gasteiger partial charge on any atom is -0.372 e. The largest absolute Gasteiger partial charge is 0.372 e. The van der Waals surface area contributed by atoms with Crippen LogP contribution in [0.2, 0.25) is 0 Å². The Morgan fingerprint density at radius 1 is 1.26 bits per heavy atom. The van der Waals surface area contributed by atoms with Gasteiger partial charge in [0.05, 0.1) is 17.5 Å². The summed E-state index contributed by atoms with van der Waals surface area (Å²) in [4.78, 5) is 24.1. The molecule has 0 unspecified atom stereocenters. The van der Waals surface area contributed by atoms with Crippen LogP contribution in [0.4, 0.5) is 18.9 Å². The Labute approximate surface area is 153 Å². The van der Waals surface area contributed by atoms with Crippen molar-refractivity contribution in [3.05, 3.63) is 58.8 Å². The topological polar surface area (TPSA) is 60.3 Å². The Morgan fingerprint density at radius 2 is 2.07 bits per heavy atom. The number of carbonyl (C=O) groups is 1. The first-order valence-corrected chi connectivity index (χ1v) is 8.62. The molecule has 27 heavy (non-hydrogen) atoms. The molecule has 0 saturated heterocycles. The third kappa shape index (κ3) is 4.77. The van der Waals surface area contributed by atoms with Crippen molar-refractivity contribution < 1.29 is 22.7 Å². The van der Waals surface area contributed by atoms with E-state index in [4.69, 9.17) is 4.74 Å². The number of alkyl halides is 2. The molecular formula is C19H19F3N2O3. The molecule has 1 heterocycles. The number of hydrogen-bond acceptors (Lipinski definition) is 3. The molecule has 1 aliphatic carbocycles. The van der Waals surface area contributed by atoms with Gasteiger partial charge in [-0.3, -0.25) is 14.2 Å². The van der Waals surface area contributed by atoms with Gasteiger partial charge in [0, 0.05) is 24.2 Å². The molecule has 1 aliphatic rings. The van der Waals surface area contributed by atoms with Gasteiger partial charge >= 0.3 is 0 Å². The molecule has 1 fully saturated rings. The highest BCUT2D eigenvalue weighted by Gasteiger charge is 2.31. The summed E-state index contributed by atoms with van der Waals surface area (Å²) in [5, 5.41) is 2.53. The second-order valence-electron chi connectivity index (χ2n) is 6.42. The van der Waals surface area contributed by atoms with Gasteiger partial charge in [0.1, 0.15) is 12.4 Å². The van der Waals surface area contributed by atoms with Crippen molar-refractivity contribution in [2.24, 2.45) is 5.92 Å². The van der Waals surface area contributed by atoms with E-state index in [2.05, 4.69) is 5.32 Å². The van der Waals surface area contributed by atoms with Crippen molar-refractivity contribution in [2.45, 2.75) is 31.8 Å². The Kier molecular flexibility index (Phi) is 5.95. The summed E-state index contributed by atoms with van der Waals surface area (Å²) >= 11 is 0. The van der Waals surface area contributed by atoms with Crippen molar-refractivity contribution in [3.63, 3.8) is 0 Å². The first kappa shape index (κ1) is 19.2. The van der Waals surface area contributed by atoms with Crippen molar-refractivity contribution in [1.29, 1.82) is 0 Å². The third-order valence-corrected chi connectivity index (χ3v) is 4.52. The minimum absolute atomic E-state index is 0.00433. The van der Waals surface area contributed by atoms with Gasteiger partial charge in [-0.05, 0) is 37.5 Å². The number of rotatable bonds is 6. The van der Waals surface area contributed by atoms with Crippen LogP contribution in [-0.4, -0.2) is 29.6 Å². The summed E-state index contributed by atoms with van der Waals surface area (Å²) in [5.41, 5.74) is 0.0524. The van der Waals surface area contributed by atoms with Crippen LogP contribution in [0.1, 0.15) is 19.3 Å². The molecule has 1 N–H and O–H groups in total. The highest BCUT2D eigenvalue weighted by atomic mass is 19.3. The number of halogens is 3. The normalized spacial score (nSPS) is 19.4. The highest BCUT2D eigenvalue weighted by molar-refractivity contribution is 5.93. The number of carbonyl (C=O) groups excluding carboxylic acids is 1. The molecule has 1 amide bonds. The number of amides is 1. The zero-order valence-corrected chi connectivity index (χ0v) is 14.4. The Balaban J connectivity index is 1.63. The molecular weight excluding hydrogens is 361 g/mol. The van der Waals surface area contributed by atoms with Gasteiger partial charge in [0.2, 0.25) is 5.91 Å². The van der Waals surface area contributed by atoms with Gasteiger partial charge in [-0.25, -0.2) is 13.2 Å². The molecule has 2 atom stereocenters. The average Bonchev–Trinajstić information content (AvgIpc) is 3.11. The lowest BCUT2D eigenvalue weighted by Gasteiger charge is -2.14. The van der Waals surface area contributed by atoms with Gasteiger partial charge in [-0.2, -0.15) is 0 Å². The fourth-order valence-corrected chi connectivity index (χ4v) is 3.17. The molecule has 1 aromatic heterocycles. The smallest absolute Gasteiger partial charge is 0.261 e. The van der Waals surface area contributed by atoms with E-state index in [0.29, 0.717) is 24.9 Å². The number of aromatic nitrogens is 1. The zero-order chi connectivity index (χ0) is 19.4. The molecule has 0 aliphatic heterocycles. The fourth-order valence-electron chi connectivity index (χ4n) is 3.17. The number of anilines is 1. The lowest BCUT2D eigenvalue weighted by Crippen LogP contribution is -2.23. The summed E-state index contributed by atoms with van der Waals surface area (Å²) in [6, 6.07) is 8.69. The van der Waals surface area contributed by atoms with E-state index in [1.807, 2.05) is 0 Å². The van der Waals surface area contributed by atoms with Crippen LogP contribution >= 0.6 is 0 Å². The number of nitrogens with one attached hydrogen (secondary N) is 1. The number of nitrogens with zero attached hydrogens (tertiary/aromatic N) is 1. The van der Waals surface area contributed by atoms with Crippen molar-refractivity contribution in [1.82, 2.24) is 4.57 Å². The molecule has 5 nitrogen and oxygen atoms in total. The van der Waals surface area contributed by atoms with E-state index in [-0.39, 0.29) is 23.3 Å². The van der Waals surface area contributed by atoms with Gasteiger partial charge in [0.25, 0.3) is 12.0 Å². The van der Waals surface area contributed by atoms with Crippen LogP contribution in [-0.2, 0) is 9.53 Å². The lowest BCUT2D eigenvalue weighted by atomic mass is 10.1. The van der Waals surface area contributed by atoms with Crippen LogP contribution in [0.5, 0.6) is 0 Å². The second kappa shape index (κ2) is 8.39. The van der Waals surface area contributed by atoms with Crippen LogP contribution in [0.15, 0.2) is 47.4 Å². The van der Waals surface area contributed by atoms with Crippen LogP contribution in [0.25, 0.3) is 5.69 Å². The van der Waals surface area contributed by atoms with Gasteiger partial charge < -0.3 is 10.1 Å². The van der Waals surface area contributed by atoms with E-state index in [1.165, 1.54) is 35.0 Å². The van der Waals surface area contributed by atoms with E-state index < -0.39 is 24.8 Å². The second-order valence-corrected chi connectivity index (χ2v) is 6.42. The third-order valence-electron chi connectivity index (χ3n) is 4.52. The highest BCUT2D eigenvalue weighted by Crippen LogP contribution is 2.29. The van der Waals surface area contributed by atoms with Gasteiger partial charge in [-0.15, -0.1) is 0 Å². The minimum atomic E-state index is -2.54. The maximum absolute atomic E-state index is 14.4. The predicted octanol–water partition coefficient (Wildman–Crippen LogP) is 3.37. The van der Waals surface area contributed by atoms with E-state index in [1.54, 1.807) is 12.1 Å². The van der Waals surface area contributed by atoms with Crippen molar-refractivity contribution >= 4 is 11.6 Å². The molecule has 2 aromatic rings. The molecule has 0 spiro atoms. The first-order chi connectivity index (χ1) is 12.9. The molecule has 1 aromatic carbocycles. The summed E-state index contributed by atoms with van der Waals surface area (Å²) in [6.07, 6.45) is -0.0536. The Morgan fingerprint density at radius 3 is 2.78 bits per heavy atom. The first-order valence-electron chi connectivity index (χ1n) is 8.62. The lowest BCUT2D eigenvalue weighted by molar-refractivity contribution is -0.120. The van der Waals surface area contributed by atoms with Crippen LogP contribution < -0.4 is 10.9 Å². The van der Waals surface area contributed by atoms with E-state index in [0.717, 1.165) is 0 Å². The molecule has 8 heteroatoms. The summed E-state index contributed by atoms with van der Waals surface area (Å²) in [7, 11) is 0. The zero-order valence-electron chi connectivity index (χ0n) is 14.4. The van der Waals surface area contributed by atoms with E-state index >= 15 is 0 Å². The number of pyridine rings is 1. The molecule has 1 saturated carbocycles. The van der Waals surface area contributed by atoms with E-state index in [9.17, 15) is 22.8 Å². The molecule has 0 bridgehead atoms. The average molecular weight is 380 g/mol. The quantitative estimate of drug-likeness (QED) is 0.836. The Hall–Kier alpha value is -2.61. The summed E-state index contributed by atoms with van der Waals surface area (Å²) in [6.45, 7) is -0.645. The number of hydrogen-bond donors (Lipinski definition) is 1. The molecule has 144 valence electrons. The van der Waals surface area contributed by atoms with Crippen LogP contribution in [0, 0.1) is 11.7 Å². The predicted molar refractivity (Wildman–Crippen MR) is 93.7 cm³/mol. The maximum Gasteiger partial charge on any atom is 0.261 e. The Bertz CT molecular complexity index is 869. The monoisotopic (exact) mass is 380 g/mol. The summed E-state index contributed by atoms with van der Waals surface area (Å²) < 4.78 is 45.1. The van der Waals surface area contributed by atoms with Crippen molar-refractivity contribution in [3.8, 4) is 5.69 Å².